The van der Waals surface area contributed by atoms with E-state index in [0.29, 0.717) is 23.9 Å². The maximum atomic E-state index is 12.2. The first kappa shape index (κ1) is 19.1. The van der Waals surface area contributed by atoms with Crippen molar-refractivity contribution < 1.29 is 17.9 Å². The SMILES string of the molecule is CCCCOC(=O)[C@H](CCBr)NS(=O)(=O)Cc1ccccc1. The van der Waals surface area contributed by atoms with Crippen LogP contribution < -0.4 is 4.72 Å². The van der Waals surface area contributed by atoms with Crippen molar-refractivity contribution in [3.8, 4) is 0 Å². The number of sulfonamides is 1. The van der Waals surface area contributed by atoms with Crippen molar-refractivity contribution in [2.75, 3.05) is 11.9 Å². The van der Waals surface area contributed by atoms with Gasteiger partial charge in [-0.25, -0.2) is 13.1 Å². The van der Waals surface area contributed by atoms with E-state index in [0.717, 1.165) is 12.8 Å². The number of unbranched alkanes of at least 4 members (excludes halogenated alkanes) is 1. The first-order valence-corrected chi connectivity index (χ1v) is 10.0. The van der Waals surface area contributed by atoms with Crippen LogP contribution in [0.1, 0.15) is 31.7 Å². The lowest BCUT2D eigenvalue weighted by atomic mass is 10.2. The molecule has 0 amide bonds. The molecule has 0 spiro atoms. The van der Waals surface area contributed by atoms with E-state index in [1.54, 1.807) is 24.3 Å². The number of alkyl halides is 1. The molecule has 1 atom stereocenters. The number of halogens is 1. The first-order valence-electron chi connectivity index (χ1n) is 7.25. The Morgan fingerprint density at radius 2 is 2.00 bits per heavy atom. The smallest absolute Gasteiger partial charge is 0.324 e. The highest BCUT2D eigenvalue weighted by atomic mass is 79.9. The average Bonchev–Trinajstić information content (AvgIpc) is 2.47. The van der Waals surface area contributed by atoms with Crippen LogP contribution in [-0.2, 0) is 25.3 Å². The van der Waals surface area contributed by atoms with E-state index in [4.69, 9.17) is 4.74 Å². The van der Waals surface area contributed by atoms with Crippen molar-refractivity contribution in [3.05, 3.63) is 35.9 Å². The third-order valence-corrected chi connectivity index (χ3v) is 4.76. The Morgan fingerprint density at radius 1 is 1.32 bits per heavy atom. The van der Waals surface area contributed by atoms with Crippen molar-refractivity contribution >= 4 is 31.9 Å². The molecular formula is C15H22BrNO4S. The third kappa shape index (κ3) is 7.38. The van der Waals surface area contributed by atoms with Gasteiger partial charge in [0, 0.05) is 5.33 Å². The summed E-state index contributed by atoms with van der Waals surface area (Å²) in [5, 5.41) is 0.508. The van der Waals surface area contributed by atoms with Crippen LogP contribution in [0.5, 0.6) is 0 Å². The van der Waals surface area contributed by atoms with Crippen molar-refractivity contribution in [1.29, 1.82) is 0 Å². The molecule has 124 valence electrons. The van der Waals surface area contributed by atoms with Gasteiger partial charge in [0.2, 0.25) is 10.0 Å². The van der Waals surface area contributed by atoms with Gasteiger partial charge in [0.25, 0.3) is 0 Å². The van der Waals surface area contributed by atoms with Crippen LogP contribution in [-0.4, -0.2) is 32.4 Å². The second-order valence-electron chi connectivity index (χ2n) is 4.91. The summed E-state index contributed by atoms with van der Waals surface area (Å²) >= 11 is 3.23. The lowest BCUT2D eigenvalue weighted by Gasteiger charge is -2.17. The van der Waals surface area contributed by atoms with Gasteiger partial charge in [-0.2, -0.15) is 0 Å². The standard InChI is InChI=1S/C15H22BrNO4S/c1-2-3-11-21-15(18)14(9-10-16)17-22(19,20)12-13-7-5-4-6-8-13/h4-8,14,17H,2-3,9-12H2,1H3/t14-/m0/s1. The number of hydrogen-bond donors (Lipinski definition) is 1. The molecule has 0 bridgehead atoms. The molecule has 0 aliphatic heterocycles. The van der Waals surface area contributed by atoms with Crippen LogP contribution >= 0.6 is 15.9 Å². The van der Waals surface area contributed by atoms with Crippen LogP contribution in [0.2, 0.25) is 0 Å². The molecule has 22 heavy (non-hydrogen) atoms. The minimum absolute atomic E-state index is 0.158. The second kappa shape index (κ2) is 9.97. The average molecular weight is 392 g/mol. The monoisotopic (exact) mass is 391 g/mol. The maximum absolute atomic E-state index is 12.2. The molecule has 0 saturated heterocycles. The highest BCUT2D eigenvalue weighted by molar-refractivity contribution is 9.09. The molecule has 0 radical (unpaired) electrons. The number of esters is 1. The quantitative estimate of drug-likeness (QED) is 0.378. The van der Waals surface area contributed by atoms with Gasteiger partial charge in [-0.1, -0.05) is 59.6 Å². The van der Waals surface area contributed by atoms with E-state index in [1.807, 2.05) is 13.0 Å². The van der Waals surface area contributed by atoms with Gasteiger partial charge in [0.05, 0.1) is 12.4 Å². The molecule has 1 rings (SSSR count). The minimum atomic E-state index is -3.60. The van der Waals surface area contributed by atoms with E-state index in [-0.39, 0.29) is 5.75 Å². The largest absolute Gasteiger partial charge is 0.465 e. The van der Waals surface area contributed by atoms with E-state index < -0.39 is 22.0 Å². The molecule has 0 heterocycles. The highest BCUT2D eigenvalue weighted by Gasteiger charge is 2.25. The number of nitrogens with one attached hydrogen (secondary N) is 1. The van der Waals surface area contributed by atoms with Gasteiger partial charge >= 0.3 is 5.97 Å². The summed E-state index contributed by atoms with van der Waals surface area (Å²) in [6, 6.07) is 7.99. The van der Waals surface area contributed by atoms with Gasteiger partial charge in [-0.05, 0) is 18.4 Å². The van der Waals surface area contributed by atoms with Crippen LogP contribution in [0.15, 0.2) is 30.3 Å². The fourth-order valence-corrected chi connectivity index (χ4v) is 3.62. The summed E-state index contributed by atoms with van der Waals surface area (Å²) in [5.41, 5.74) is 0.673. The predicted molar refractivity (Wildman–Crippen MR) is 90.3 cm³/mol. The summed E-state index contributed by atoms with van der Waals surface area (Å²) in [6.45, 7) is 2.31. The zero-order chi connectivity index (χ0) is 16.4. The fourth-order valence-electron chi connectivity index (χ4n) is 1.80. The number of rotatable bonds is 10. The summed E-state index contributed by atoms with van der Waals surface area (Å²) in [4.78, 5) is 12.0. The third-order valence-electron chi connectivity index (χ3n) is 2.95. The Balaban J connectivity index is 2.66. The van der Waals surface area contributed by atoms with E-state index >= 15 is 0 Å². The van der Waals surface area contributed by atoms with Crippen molar-refractivity contribution in [2.45, 2.75) is 38.0 Å². The maximum Gasteiger partial charge on any atom is 0.324 e. The number of hydrogen-bond acceptors (Lipinski definition) is 4. The highest BCUT2D eigenvalue weighted by Crippen LogP contribution is 2.08. The summed E-state index contributed by atoms with van der Waals surface area (Å²) in [6.07, 6.45) is 2.03. The van der Waals surface area contributed by atoms with Gasteiger partial charge < -0.3 is 4.74 Å². The number of ether oxygens (including phenoxy) is 1. The number of carbonyl (C=O) groups is 1. The normalized spacial score (nSPS) is 12.8. The lowest BCUT2D eigenvalue weighted by Crippen LogP contribution is -2.42. The number of carbonyl (C=O) groups excluding carboxylic acids is 1. The summed E-state index contributed by atoms with van der Waals surface area (Å²) < 4.78 is 31.9. The van der Waals surface area contributed by atoms with Crippen LogP contribution in [0.3, 0.4) is 0 Å². The minimum Gasteiger partial charge on any atom is -0.465 e. The molecule has 1 N–H and O–H groups in total. The molecule has 5 nitrogen and oxygen atoms in total. The van der Waals surface area contributed by atoms with Crippen molar-refractivity contribution in [3.63, 3.8) is 0 Å². The Bertz CT molecular complexity index is 548. The Labute approximate surface area is 140 Å². The molecule has 0 aromatic heterocycles. The fraction of sp³-hybridized carbons (Fsp3) is 0.533. The first-order chi connectivity index (χ1) is 10.5. The van der Waals surface area contributed by atoms with E-state index in [2.05, 4.69) is 20.7 Å². The zero-order valence-electron chi connectivity index (χ0n) is 12.6. The zero-order valence-corrected chi connectivity index (χ0v) is 15.0. The molecule has 0 aliphatic carbocycles. The Morgan fingerprint density at radius 3 is 2.59 bits per heavy atom. The molecule has 0 saturated carbocycles. The van der Waals surface area contributed by atoms with Gasteiger partial charge in [0.1, 0.15) is 6.04 Å². The van der Waals surface area contributed by atoms with Gasteiger partial charge in [-0.3, -0.25) is 4.79 Å². The molecule has 0 unspecified atom stereocenters. The van der Waals surface area contributed by atoms with Crippen LogP contribution in [0.4, 0.5) is 0 Å². The van der Waals surface area contributed by atoms with E-state index in [9.17, 15) is 13.2 Å². The Kier molecular flexibility index (Phi) is 8.67. The topological polar surface area (TPSA) is 72.5 Å². The molecule has 7 heteroatoms. The summed E-state index contributed by atoms with van der Waals surface area (Å²) in [5.74, 6) is -0.681. The molecule has 1 aromatic carbocycles. The Hall–Kier alpha value is -0.920. The molecule has 0 aliphatic rings. The predicted octanol–water partition coefficient (Wildman–Crippen LogP) is 2.60. The van der Waals surface area contributed by atoms with Crippen molar-refractivity contribution in [1.82, 2.24) is 4.72 Å². The van der Waals surface area contributed by atoms with Crippen LogP contribution in [0.25, 0.3) is 0 Å². The molecule has 1 aromatic rings. The van der Waals surface area contributed by atoms with Gasteiger partial charge in [-0.15, -0.1) is 0 Å². The van der Waals surface area contributed by atoms with Crippen molar-refractivity contribution in [2.24, 2.45) is 0 Å². The van der Waals surface area contributed by atoms with Gasteiger partial charge in [0.15, 0.2) is 0 Å². The van der Waals surface area contributed by atoms with E-state index in [1.165, 1.54) is 0 Å². The second-order valence-corrected chi connectivity index (χ2v) is 7.46. The summed E-state index contributed by atoms with van der Waals surface area (Å²) in [7, 11) is -3.60. The lowest BCUT2D eigenvalue weighted by molar-refractivity contribution is -0.145. The molecule has 0 fully saturated rings. The van der Waals surface area contributed by atoms with Crippen LogP contribution in [0, 0.1) is 0 Å². The molecular weight excluding hydrogens is 370 g/mol. The number of benzene rings is 1.